The topological polar surface area (TPSA) is 133 Å². The second-order valence-electron chi connectivity index (χ2n) is 6.74. The molecule has 0 amide bonds. The van der Waals surface area contributed by atoms with Gasteiger partial charge in [-0.2, -0.15) is 15.2 Å². The van der Waals surface area contributed by atoms with Crippen molar-refractivity contribution in [2.45, 2.75) is 45.8 Å². The number of aliphatic hydroxyl groups is 1. The fourth-order valence-electron chi connectivity index (χ4n) is 2.70. The van der Waals surface area contributed by atoms with Gasteiger partial charge in [0.05, 0.1) is 12.3 Å². The minimum atomic E-state index is -0.353. The van der Waals surface area contributed by atoms with Gasteiger partial charge in [-0.15, -0.1) is 0 Å². The molecule has 9 nitrogen and oxygen atoms in total. The highest BCUT2D eigenvalue weighted by Crippen LogP contribution is 2.42. The van der Waals surface area contributed by atoms with Crippen LogP contribution in [0.2, 0.25) is 0 Å². The second kappa shape index (κ2) is 6.64. The molecule has 2 aromatic rings. The summed E-state index contributed by atoms with van der Waals surface area (Å²) < 4.78 is 4.92. The highest BCUT2D eigenvalue weighted by atomic mass is 16.5. The summed E-state index contributed by atoms with van der Waals surface area (Å²) in [5, 5.41) is 29.3. The van der Waals surface area contributed by atoms with E-state index in [-0.39, 0.29) is 17.6 Å². The van der Waals surface area contributed by atoms with Crippen molar-refractivity contribution in [3.05, 3.63) is 23.5 Å². The summed E-state index contributed by atoms with van der Waals surface area (Å²) in [4.78, 5) is 12.7. The lowest BCUT2D eigenvalue weighted by atomic mass is 9.64. The van der Waals surface area contributed by atoms with Crippen molar-refractivity contribution in [1.29, 1.82) is 5.26 Å². The third kappa shape index (κ3) is 3.53. The van der Waals surface area contributed by atoms with Crippen LogP contribution in [0.3, 0.4) is 0 Å². The Morgan fingerprint density at radius 2 is 2.24 bits per heavy atom. The quantitative estimate of drug-likeness (QED) is 0.709. The van der Waals surface area contributed by atoms with Crippen molar-refractivity contribution >= 4 is 11.8 Å². The molecule has 2 heterocycles. The van der Waals surface area contributed by atoms with Gasteiger partial charge in [-0.1, -0.05) is 19.0 Å². The molecule has 1 fully saturated rings. The van der Waals surface area contributed by atoms with E-state index in [2.05, 4.69) is 36.8 Å². The van der Waals surface area contributed by atoms with Gasteiger partial charge >= 0.3 is 0 Å². The molecule has 25 heavy (non-hydrogen) atoms. The number of anilines is 2. The van der Waals surface area contributed by atoms with Gasteiger partial charge in [-0.3, -0.25) is 0 Å². The third-order valence-electron chi connectivity index (χ3n) is 4.64. The Labute approximate surface area is 145 Å². The van der Waals surface area contributed by atoms with Crippen LogP contribution in [0.15, 0.2) is 10.7 Å². The fourth-order valence-corrected chi connectivity index (χ4v) is 2.70. The SMILES string of the molecule is Cc1nc(CCNc2ncc(C#N)c(NC3C[C@H](O)C3(C)C)n2)no1. The molecule has 1 aliphatic rings. The molecule has 1 unspecified atom stereocenters. The van der Waals surface area contributed by atoms with Gasteiger partial charge in [-0.25, -0.2) is 4.98 Å². The summed E-state index contributed by atoms with van der Waals surface area (Å²) in [6.07, 6.45) is 2.33. The monoisotopic (exact) mass is 343 g/mol. The van der Waals surface area contributed by atoms with E-state index in [1.165, 1.54) is 6.20 Å². The van der Waals surface area contributed by atoms with Gasteiger partial charge in [0.2, 0.25) is 11.8 Å². The minimum absolute atomic E-state index is 0.0552. The molecular formula is C16H21N7O2. The summed E-state index contributed by atoms with van der Waals surface area (Å²) in [5.41, 5.74) is 0.110. The van der Waals surface area contributed by atoms with Gasteiger partial charge in [-0.05, 0) is 6.42 Å². The number of aryl methyl sites for hydroxylation is 1. The molecule has 2 aromatic heterocycles. The molecule has 0 saturated heterocycles. The first-order chi connectivity index (χ1) is 11.9. The maximum absolute atomic E-state index is 9.86. The maximum atomic E-state index is 9.86. The first-order valence-corrected chi connectivity index (χ1v) is 8.15. The van der Waals surface area contributed by atoms with Crippen molar-refractivity contribution in [3.8, 4) is 6.07 Å². The van der Waals surface area contributed by atoms with Crippen LogP contribution in [0.25, 0.3) is 0 Å². The van der Waals surface area contributed by atoms with Crippen LogP contribution in [0, 0.1) is 23.7 Å². The average molecular weight is 343 g/mol. The molecular weight excluding hydrogens is 322 g/mol. The summed E-state index contributed by atoms with van der Waals surface area (Å²) >= 11 is 0. The zero-order valence-electron chi connectivity index (χ0n) is 14.4. The number of aromatic nitrogens is 4. The fraction of sp³-hybridized carbons (Fsp3) is 0.562. The Hall–Kier alpha value is -2.73. The molecule has 1 saturated carbocycles. The molecule has 3 rings (SSSR count). The van der Waals surface area contributed by atoms with E-state index in [0.29, 0.717) is 48.4 Å². The van der Waals surface area contributed by atoms with Crippen LogP contribution in [0.1, 0.15) is 37.5 Å². The zero-order valence-corrected chi connectivity index (χ0v) is 14.4. The predicted octanol–water partition coefficient (Wildman–Crippen LogP) is 1.27. The van der Waals surface area contributed by atoms with Crippen molar-refractivity contribution in [2.75, 3.05) is 17.2 Å². The molecule has 0 spiro atoms. The molecule has 9 heteroatoms. The highest BCUT2D eigenvalue weighted by molar-refractivity contribution is 5.54. The number of nitrogens with one attached hydrogen (secondary N) is 2. The maximum Gasteiger partial charge on any atom is 0.224 e. The normalized spacial score (nSPS) is 21.2. The van der Waals surface area contributed by atoms with E-state index in [4.69, 9.17) is 4.52 Å². The molecule has 0 bridgehead atoms. The zero-order chi connectivity index (χ0) is 18.0. The van der Waals surface area contributed by atoms with Gasteiger partial charge in [0, 0.05) is 31.3 Å². The van der Waals surface area contributed by atoms with E-state index in [0.717, 1.165) is 0 Å². The Morgan fingerprint density at radius 1 is 1.44 bits per heavy atom. The molecule has 0 aliphatic heterocycles. The summed E-state index contributed by atoms with van der Waals surface area (Å²) in [5.74, 6) is 2.03. The van der Waals surface area contributed by atoms with E-state index in [9.17, 15) is 10.4 Å². The molecule has 2 atom stereocenters. The highest BCUT2D eigenvalue weighted by Gasteiger charge is 2.47. The van der Waals surface area contributed by atoms with E-state index < -0.39 is 0 Å². The van der Waals surface area contributed by atoms with Crippen LogP contribution in [0.4, 0.5) is 11.8 Å². The largest absolute Gasteiger partial charge is 0.392 e. The van der Waals surface area contributed by atoms with Gasteiger partial charge in [0.15, 0.2) is 5.82 Å². The van der Waals surface area contributed by atoms with E-state index in [1.54, 1.807) is 6.92 Å². The number of aliphatic hydroxyl groups excluding tert-OH is 1. The van der Waals surface area contributed by atoms with Crippen LogP contribution in [-0.4, -0.2) is 43.9 Å². The number of hydrogen-bond acceptors (Lipinski definition) is 9. The molecule has 3 N–H and O–H groups in total. The summed E-state index contributed by atoms with van der Waals surface area (Å²) in [6.45, 7) is 6.25. The van der Waals surface area contributed by atoms with Crippen LogP contribution >= 0.6 is 0 Å². The summed E-state index contributed by atoms with van der Waals surface area (Å²) in [7, 11) is 0. The molecule has 0 aromatic carbocycles. The Kier molecular flexibility index (Phi) is 4.55. The lowest BCUT2D eigenvalue weighted by Gasteiger charge is -2.49. The lowest BCUT2D eigenvalue weighted by Crippen LogP contribution is -2.57. The third-order valence-corrected chi connectivity index (χ3v) is 4.64. The Morgan fingerprint density at radius 3 is 2.84 bits per heavy atom. The number of hydrogen-bond donors (Lipinski definition) is 3. The molecule has 1 aliphatic carbocycles. The van der Waals surface area contributed by atoms with E-state index in [1.807, 2.05) is 13.8 Å². The predicted molar refractivity (Wildman–Crippen MR) is 89.8 cm³/mol. The number of rotatable bonds is 6. The average Bonchev–Trinajstić information content (AvgIpc) is 3.00. The number of nitrogens with zero attached hydrogens (tertiary/aromatic N) is 5. The van der Waals surface area contributed by atoms with Gasteiger partial charge in [0.25, 0.3) is 0 Å². The van der Waals surface area contributed by atoms with Gasteiger partial charge in [0.1, 0.15) is 17.5 Å². The first-order valence-electron chi connectivity index (χ1n) is 8.15. The minimum Gasteiger partial charge on any atom is -0.392 e. The van der Waals surface area contributed by atoms with Crippen molar-refractivity contribution < 1.29 is 9.63 Å². The Bertz CT molecular complexity index is 796. The van der Waals surface area contributed by atoms with Crippen molar-refractivity contribution in [2.24, 2.45) is 5.41 Å². The van der Waals surface area contributed by atoms with Crippen LogP contribution in [-0.2, 0) is 6.42 Å². The standard InChI is InChI=1S/C16H21N7O2/c1-9-20-13(23-25-9)4-5-18-15-19-8-10(7-17)14(22-15)21-11-6-12(24)16(11,2)3/h8,11-12,24H,4-6H2,1-3H3,(H2,18,19,21,22)/t11?,12-/m0/s1. The molecule has 132 valence electrons. The second-order valence-corrected chi connectivity index (χ2v) is 6.74. The van der Waals surface area contributed by atoms with Crippen LogP contribution < -0.4 is 10.6 Å². The smallest absolute Gasteiger partial charge is 0.224 e. The Balaban J connectivity index is 1.64. The number of nitriles is 1. The van der Waals surface area contributed by atoms with E-state index >= 15 is 0 Å². The van der Waals surface area contributed by atoms with Gasteiger partial charge < -0.3 is 20.3 Å². The summed E-state index contributed by atoms with van der Waals surface area (Å²) in [6, 6.07) is 2.14. The van der Waals surface area contributed by atoms with Crippen molar-refractivity contribution in [1.82, 2.24) is 20.1 Å². The lowest BCUT2D eigenvalue weighted by molar-refractivity contribution is -0.0511. The first kappa shape index (κ1) is 17.1. The van der Waals surface area contributed by atoms with Crippen molar-refractivity contribution in [3.63, 3.8) is 0 Å². The molecule has 0 radical (unpaired) electrons. The van der Waals surface area contributed by atoms with Crippen LogP contribution in [0.5, 0.6) is 0 Å².